The van der Waals surface area contributed by atoms with Gasteiger partial charge < -0.3 is 13.9 Å². The molecule has 69 heavy (non-hydrogen) atoms. The highest BCUT2D eigenvalue weighted by Crippen LogP contribution is 2.47. The molecule has 14 rings (SSSR count). The van der Waals surface area contributed by atoms with Gasteiger partial charge in [-0.05, 0) is 78.2 Å². The minimum absolute atomic E-state index is 0.176. The summed E-state index contributed by atoms with van der Waals surface area (Å²) in [4.78, 5) is 15.8. The first-order chi connectivity index (χ1) is 34.2. The van der Waals surface area contributed by atoms with Gasteiger partial charge in [0.25, 0.3) is 0 Å². The van der Waals surface area contributed by atoms with E-state index in [0.717, 1.165) is 79.3 Å². The molecule has 0 fully saturated rings. The Hall–Kier alpha value is -9.13. The third kappa shape index (κ3) is 6.37. The zero-order valence-electron chi connectivity index (χ0n) is 37.4. The fraction of sp³-hybridized carbons (Fsp3) is 0.0317. The van der Waals surface area contributed by atoms with Crippen molar-refractivity contribution in [2.45, 2.75) is 12.3 Å². The van der Waals surface area contributed by atoms with Crippen LogP contribution in [0.5, 0.6) is 5.75 Å². The summed E-state index contributed by atoms with van der Waals surface area (Å²) in [7, 11) is 0. The number of rotatable bonds is 7. The van der Waals surface area contributed by atoms with Crippen molar-refractivity contribution in [3.63, 3.8) is 0 Å². The highest BCUT2D eigenvalue weighted by molar-refractivity contribution is 6.13. The Morgan fingerprint density at radius 2 is 0.899 bits per heavy atom. The summed E-state index contributed by atoms with van der Waals surface area (Å²) >= 11 is 0. The van der Waals surface area contributed by atoms with E-state index in [0.29, 0.717) is 17.5 Å². The number of hydrogen-bond acceptors (Lipinski definition) is 4. The molecule has 9 aromatic carbocycles. The van der Waals surface area contributed by atoms with Gasteiger partial charge in [0.15, 0.2) is 17.5 Å². The van der Waals surface area contributed by atoms with Crippen molar-refractivity contribution < 1.29 is 4.74 Å². The topological polar surface area (TPSA) is 57.8 Å². The van der Waals surface area contributed by atoms with E-state index in [9.17, 15) is 0 Å². The van der Waals surface area contributed by atoms with Crippen molar-refractivity contribution in [3.05, 3.63) is 248 Å². The Bertz CT molecular complexity index is 3960. The van der Waals surface area contributed by atoms with Gasteiger partial charge in [-0.15, -0.1) is 0 Å². The number of allylic oxidation sites excluding steroid dienone is 4. The van der Waals surface area contributed by atoms with Gasteiger partial charge in [-0.25, -0.2) is 15.0 Å². The predicted molar refractivity (Wildman–Crippen MR) is 281 cm³/mol. The van der Waals surface area contributed by atoms with Gasteiger partial charge in [-0.1, -0.05) is 170 Å². The highest BCUT2D eigenvalue weighted by Gasteiger charge is 2.32. The molecule has 324 valence electrons. The summed E-state index contributed by atoms with van der Waals surface area (Å²) in [6, 6.07) is 77.7. The van der Waals surface area contributed by atoms with Gasteiger partial charge in [0.05, 0.1) is 27.8 Å². The average molecular weight is 884 g/mol. The fourth-order valence-corrected chi connectivity index (χ4v) is 10.8. The van der Waals surface area contributed by atoms with Crippen LogP contribution in [0.15, 0.2) is 236 Å². The summed E-state index contributed by atoms with van der Waals surface area (Å²) < 4.78 is 11.3. The third-order valence-electron chi connectivity index (χ3n) is 13.9. The quantitative estimate of drug-likeness (QED) is 0.160. The molecule has 0 spiro atoms. The number of ether oxygens (including phenoxy) is 1. The second-order valence-corrected chi connectivity index (χ2v) is 17.9. The summed E-state index contributed by atoms with van der Waals surface area (Å²) in [5.41, 5.74) is 15.0. The van der Waals surface area contributed by atoms with Gasteiger partial charge in [0.2, 0.25) is 0 Å². The molecule has 0 saturated carbocycles. The molecule has 1 atom stereocenters. The van der Waals surface area contributed by atoms with Gasteiger partial charge in [-0.3, -0.25) is 0 Å². The van der Waals surface area contributed by atoms with E-state index in [2.05, 4.69) is 209 Å². The van der Waals surface area contributed by atoms with Crippen LogP contribution < -0.4 is 4.74 Å². The van der Waals surface area contributed by atoms with Gasteiger partial charge in [0, 0.05) is 66.5 Å². The van der Waals surface area contributed by atoms with Crippen molar-refractivity contribution in [1.29, 1.82) is 0 Å². The number of fused-ring (bicyclic) bond motifs is 9. The maximum absolute atomic E-state index is 6.44. The van der Waals surface area contributed by atoms with Crippen molar-refractivity contribution in [1.82, 2.24) is 24.1 Å². The molecule has 6 nitrogen and oxygen atoms in total. The van der Waals surface area contributed by atoms with E-state index >= 15 is 0 Å². The van der Waals surface area contributed by atoms with Crippen LogP contribution in [-0.4, -0.2) is 24.1 Å². The molecule has 0 saturated heterocycles. The van der Waals surface area contributed by atoms with Crippen molar-refractivity contribution >= 4 is 49.2 Å². The lowest BCUT2D eigenvalue weighted by Crippen LogP contribution is -2.08. The van der Waals surface area contributed by atoms with Gasteiger partial charge in [-0.2, -0.15) is 0 Å². The minimum atomic E-state index is 0.176. The predicted octanol–water partition coefficient (Wildman–Crippen LogP) is 15.6. The van der Waals surface area contributed by atoms with E-state index < -0.39 is 0 Å². The first kappa shape index (κ1) is 39.1. The van der Waals surface area contributed by atoms with Crippen molar-refractivity contribution in [2.24, 2.45) is 0 Å². The molecule has 1 unspecified atom stereocenters. The molecule has 4 heterocycles. The van der Waals surface area contributed by atoms with Crippen LogP contribution in [-0.2, 0) is 0 Å². The second kappa shape index (κ2) is 15.8. The zero-order valence-corrected chi connectivity index (χ0v) is 37.4. The molecular weight excluding hydrogens is 843 g/mol. The van der Waals surface area contributed by atoms with Crippen LogP contribution in [0.2, 0.25) is 0 Å². The number of benzene rings is 9. The Morgan fingerprint density at radius 3 is 1.54 bits per heavy atom. The molecule has 2 aliphatic rings. The maximum atomic E-state index is 6.44. The first-order valence-corrected chi connectivity index (χ1v) is 23.5. The maximum Gasteiger partial charge on any atom is 0.164 e. The monoisotopic (exact) mass is 883 g/mol. The van der Waals surface area contributed by atoms with Crippen LogP contribution in [0.1, 0.15) is 23.7 Å². The summed E-state index contributed by atoms with van der Waals surface area (Å²) in [5, 5.41) is 4.84. The molecule has 0 radical (unpaired) electrons. The third-order valence-corrected chi connectivity index (χ3v) is 13.9. The lowest BCUT2D eigenvalue weighted by Gasteiger charge is -2.21. The summed E-state index contributed by atoms with van der Waals surface area (Å²) in [6.45, 7) is 0. The van der Waals surface area contributed by atoms with Crippen LogP contribution in [0.4, 0.5) is 0 Å². The van der Waals surface area contributed by atoms with Gasteiger partial charge >= 0.3 is 0 Å². The SMILES string of the molecule is C1=C(c2nc(-c3ccccc3)nc(-c3cc(-c4ccccc4)c(-n4c5ccccc5c5cc(-n6c7ccccc7c7ccccc76)ccc54)c(-c4ccccc4)c3)n2)C=C2Oc3ccccc3C2C1. The van der Waals surface area contributed by atoms with E-state index in [4.69, 9.17) is 19.7 Å². The minimum Gasteiger partial charge on any atom is -0.461 e. The van der Waals surface area contributed by atoms with Crippen LogP contribution in [0.25, 0.3) is 106 Å². The Labute approximate surface area is 398 Å². The fourth-order valence-electron chi connectivity index (χ4n) is 10.8. The number of hydrogen-bond donors (Lipinski definition) is 0. The normalized spacial score (nSPS) is 14.2. The summed E-state index contributed by atoms with van der Waals surface area (Å²) in [5.74, 6) is 3.83. The number of para-hydroxylation sites is 4. The lowest BCUT2D eigenvalue weighted by atomic mass is 9.89. The lowest BCUT2D eigenvalue weighted by molar-refractivity contribution is 0.426. The molecule has 1 aliphatic heterocycles. The average Bonchev–Trinajstić information content (AvgIpc) is 4.08. The molecule has 3 aromatic heterocycles. The molecule has 0 amide bonds. The van der Waals surface area contributed by atoms with E-state index in [1.807, 2.05) is 30.3 Å². The molecule has 0 N–H and O–H groups in total. The van der Waals surface area contributed by atoms with E-state index in [1.54, 1.807) is 0 Å². The molecular formula is C63H41N5O. The summed E-state index contributed by atoms with van der Waals surface area (Å²) in [6.07, 6.45) is 5.16. The molecule has 0 bridgehead atoms. The van der Waals surface area contributed by atoms with Crippen LogP contribution in [0, 0.1) is 0 Å². The molecule has 1 aliphatic carbocycles. The van der Waals surface area contributed by atoms with Crippen LogP contribution in [0.3, 0.4) is 0 Å². The largest absolute Gasteiger partial charge is 0.461 e. The standard InChI is InChI=1S/C63H41N5O/c1-4-18-40(19-5-1)51-36-44(63-65-61(42-22-8-3-9-23-42)64-62(66-63)43-32-34-50-49-27-13-17-31-58(49)69-59(50)38-43)37-52(41-20-6-2-7-21-41)60(51)68-56-30-16-12-26-48(56)53-39-45(33-35-57(53)68)67-54-28-14-10-24-46(54)47-25-11-15-29-55(47)67/h1-33,35-39,50H,34H2. The Balaban J connectivity index is 1.01. The number of aromatic nitrogens is 5. The first-order valence-electron chi connectivity index (χ1n) is 23.5. The van der Waals surface area contributed by atoms with E-state index in [-0.39, 0.29) is 5.92 Å². The number of nitrogens with zero attached hydrogens (tertiary/aromatic N) is 5. The Kier molecular flexibility index (Phi) is 8.92. The van der Waals surface area contributed by atoms with Crippen LogP contribution >= 0.6 is 0 Å². The molecule has 12 aromatic rings. The smallest absolute Gasteiger partial charge is 0.164 e. The van der Waals surface area contributed by atoms with E-state index in [1.165, 1.54) is 38.1 Å². The zero-order chi connectivity index (χ0) is 45.4. The van der Waals surface area contributed by atoms with Crippen molar-refractivity contribution in [2.75, 3.05) is 0 Å². The van der Waals surface area contributed by atoms with Crippen molar-refractivity contribution in [3.8, 4) is 62.2 Å². The Morgan fingerprint density at radius 1 is 0.406 bits per heavy atom. The van der Waals surface area contributed by atoms with Gasteiger partial charge in [0.1, 0.15) is 11.5 Å². The molecule has 6 heteroatoms. The highest BCUT2D eigenvalue weighted by atomic mass is 16.5. The second-order valence-electron chi connectivity index (χ2n) is 17.9.